The molecular weight excluding hydrogens is 472 g/mol. The Kier molecular flexibility index (Phi) is 7.25. The molecule has 7 heteroatoms. The van der Waals surface area contributed by atoms with Gasteiger partial charge in [-0.15, -0.1) is 22.7 Å². The molecule has 0 unspecified atom stereocenters. The molecule has 0 atom stereocenters. The molecule has 0 saturated heterocycles. The van der Waals surface area contributed by atoms with Crippen LogP contribution in [0.3, 0.4) is 0 Å². The van der Waals surface area contributed by atoms with Gasteiger partial charge in [-0.2, -0.15) is 0 Å². The summed E-state index contributed by atoms with van der Waals surface area (Å²) in [6.45, 7) is 4.80. The summed E-state index contributed by atoms with van der Waals surface area (Å²) in [4.78, 5) is 22.6. The molecule has 0 spiro atoms. The van der Waals surface area contributed by atoms with E-state index in [1.165, 1.54) is 24.8 Å². The second kappa shape index (κ2) is 10.7. The van der Waals surface area contributed by atoms with Crippen molar-refractivity contribution in [2.45, 2.75) is 52.4 Å². The summed E-state index contributed by atoms with van der Waals surface area (Å²) in [5.74, 6) is -0.0207. The van der Waals surface area contributed by atoms with Crippen molar-refractivity contribution in [3.8, 4) is 27.0 Å². The van der Waals surface area contributed by atoms with Crippen molar-refractivity contribution >= 4 is 28.6 Å². The van der Waals surface area contributed by atoms with Gasteiger partial charge < -0.3 is 9.88 Å². The zero-order valence-electron chi connectivity index (χ0n) is 20.2. The first-order valence-electron chi connectivity index (χ1n) is 12.3. The standard InChI is InChI=1S/C28H30N4OS2/c1-3-22-16-21(12-14-29-22)28-31-24(18-35-28)25-17-23(19(2)32(25)26-10-7-15-34-26)27(33)30-13-11-20-8-5-4-6-9-20/h7-8,10,12,14-18H,3-6,9,11,13H2,1-2H3,(H,30,33). The number of allylic oxidation sites excluding steroid dienone is 1. The molecular formula is C28H30N4OS2. The molecule has 5 nitrogen and oxygen atoms in total. The van der Waals surface area contributed by atoms with Crippen molar-refractivity contribution in [1.29, 1.82) is 0 Å². The molecule has 0 aliphatic heterocycles. The molecule has 1 aliphatic rings. The van der Waals surface area contributed by atoms with Crippen LogP contribution in [0.25, 0.3) is 27.0 Å². The van der Waals surface area contributed by atoms with Crippen LogP contribution in [0.4, 0.5) is 0 Å². The zero-order valence-corrected chi connectivity index (χ0v) is 21.8. The van der Waals surface area contributed by atoms with Crippen LogP contribution < -0.4 is 5.32 Å². The van der Waals surface area contributed by atoms with Gasteiger partial charge in [-0.1, -0.05) is 18.6 Å². The highest BCUT2D eigenvalue weighted by Crippen LogP contribution is 2.34. The van der Waals surface area contributed by atoms with E-state index in [1.54, 1.807) is 22.7 Å². The van der Waals surface area contributed by atoms with Crippen molar-refractivity contribution in [1.82, 2.24) is 19.9 Å². The summed E-state index contributed by atoms with van der Waals surface area (Å²) in [5.41, 5.74) is 7.07. The molecule has 0 aromatic carbocycles. The molecule has 1 aliphatic carbocycles. The van der Waals surface area contributed by atoms with E-state index >= 15 is 0 Å². The highest BCUT2D eigenvalue weighted by atomic mass is 32.1. The van der Waals surface area contributed by atoms with E-state index in [0.717, 1.165) is 57.6 Å². The number of thiophene rings is 1. The number of pyridine rings is 1. The van der Waals surface area contributed by atoms with Gasteiger partial charge in [-0.3, -0.25) is 9.78 Å². The molecule has 0 fully saturated rings. The minimum Gasteiger partial charge on any atom is -0.352 e. The third kappa shape index (κ3) is 5.16. The van der Waals surface area contributed by atoms with Crippen LogP contribution >= 0.6 is 22.7 Å². The second-order valence-electron chi connectivity index (χ2n) is 8.86. The number of rotatable bonds is 8. The number of carbonyl (C=O) groups excluding carboxylic acids is 1. The van der Waals surface area contributed by atoms with Gasteiger partial charge in [0.2, 0.25) is 0 Å². The molecule has 0 radical (unpaired) electrons. The fourth-order valence-electron chi connectivity index (χ4n) is 4.60. The fourth-order valence-corrected chi connectivity index (χ4v) is 6.20. The number of nitrogens with one attached hydrogen (secondary N) is 1. The molecule has 180 valence electrons. The lowest BCUT2D eigenvalue weighted by molar-refractivity contribution is 0.0953. The van der Waals surface area contributed by atoms with Gasteiger partial charge in [-0.25, -0.2) is 4.98 Å². The Balaban J connectivity index is 1.44. The van der Waals surface area contributed by atoms with E-state index in [0.29, 0.717) is 12.1 Å². The van der Waals surface area contributed by atoms with Gasteiger partial charge in [0, 0.05) is 35.1 Å². The predicted octanol–water partition coefficient (Wildman–Crippen LogP) is 7.22. The summed E-state index contributed by atoms with van der Waals surface area (Å²) >= 11 is 3.28. The van der Waals surface area contributed by atoms with Crippen molar-refractivity contribution < 1.29 is 4.79 Å². The van der Waals surface area contributed by atoms with Gasteiger partial charge in [0.05, 0.1) is 22.0 Å². The molecule has 4 aromatic heterocycles. The Morgan fingerprint density at radius 1 is 1.20 bits per heavy atom. The average Bonchev–Trinajstić information content (AvgIpc) is 3.65. The Morgan fingerprint density at radius 3 is 2.89 bits per heavy atom. The first-order chi connectivity index (χ1) is 17.1. The number of hydrogen-bond acceptors (Lipinski definition) is 5. The van der Waals surface area contributed by atoms with Crippen molar-refractivity contribution in [3.05, 3.63) is 75.9 Å². The predicted molar refractivity (Wildman–Crippen MR) is 146 cm³/mol. The lowest BCUT2D eigenvalue weighted by atomic mass is 9.97. The summed E-state index contributed by atoms with van der Waals surface area (Å²) < 4.78 is 2.16. The Morgan fingerprint density at radius 2 is 2.11 bits per heavy atom. The van der Waals surface area contributed by atoms with Crippen LogP contribution in [0.2, 0.25) is 0 Å². The van der Waals surface area contributed by atoms with Crippen LogP contribution in [-0.2, 0) is 6.42 Å². The van der Waals surface area contributed by atoms with Crippen LogP contribution in [0, 0.1) is 6.92 Å². The topological polar surface area (TPSA) is 59.8 Å². The minimum atomic E-state index is -0.0207. The number of carbonyl (C=O) groups is 1. The lowest BCUT2D eigenvalue weighted by Gasteiger charge is -2.13. The minimum absolute atomic E-state index is 0.0207. The third-order valence-electron chi connectivity index (χ3n) is 6.53. The number of thiazole rings is 1. The molecule has 4 aromatic rings. The van der Waals surface area contributed by atoms with E-state index in [4.69, 9.17) is 4.98 Å². The Hall–Kier alpha value is -3.03. The van der Waals surface area contributed by atoms with Crippen LogP contribution in [0.1, 0.15) is 60.8 Å². The summed E-state index contributed by atoms with van der Waals surface area (Å²) in [7, 11) is 0. The molecule has 4 heterocycles. The lowest BCUT2D eigenvalue weighted by Crippen LogP contribution is -2.25. The molecule has 1 N–H and O–H groups in total. The summed E-state index contributed by atoms with van der Waals surface area (Å²) in [6.07, 6.45) is 10.9. The normalized spacial score (nSPS) is 13.6. The van der Waals surface area contributed by atoms with Crippen LogP contribution in [-0.4, -0.2) is 27.0 Å². The van der Waals surface area contributed by atoms with Gasteiger partial charge in [0.15, 0.2) is 0 Å². The maximum absolute atomic E-state index is 13.2. The van der Waals surface area contributed by atoms with Crippen LogP contribution in [0.5, 0.6) is 0 Å². The highest BCUT2D eigenvalue weighted by Gasteiger charge is 2.22. The largest absolute Gasteiger partial charge is 0.352 e. The maximum atomic E-state index is 13.2. The summed E-state index contributed by atoms with van der Waals surface area (Å²) in [5, 5.41) is 9.33. The average molecular weight is 503 g/mol. The van der Waals surface area contributed by atoms with E-state index in [2.05, 4.69) is 50.8 Å². The molecule has 5 rings (SSSR count). The summed E-state index contributed by atoms with van der Waals surface area (Å²) in [6, 6.07) is 10.2. The van der Waals surface area contributed by atoms with E-state index in [9.17, 15) is 4.79 Å². The van der Waals surface area contributed by atoms with E-state index in [1.807, 2.05) is 31.3 Å². The molecule has 1 amide bonds. The smallest absolute Gasteiger partial charge is 0.253 e. The third-order valence-corrected chi connectivity index (χ3v) is 8.27. The van der Waals surface area contributed by atoms with Gasteiger partial charge in [0.25, 0.3) is 5.91 Å². The molecule has 0 saturated carbocycles. The van der Waals surface area contributed by atoms with Gasteiger partial charge in [-0.05, 0) is 81.2 Å². The quantitative estimate of drug-likeness (QED) is 0.259. The van der Waals surface area contributed by atoms with Crippen molar-refractivity contribution in [2.24, 2.45) is 0 Å². The fraction of sp³-hybridized carbons (Fsp3) is 0.321. The van der Waals surface area contributed by atoms with Gasteiger partial charge >= 0.3 is 0 Å². The van der Waals surface area contributed by atoms with E-state index in [-0.39, 0.29) is 5.91 Å². The first kappa shape index (κ1) is 23.7. The number of aryl methyl sites for hydroxylation is 1. The van der Waals surface area contributed by atoms with Gasteiger partial charge in [0.1, 0.15) is 5.01 Å². The molecule has 35 heavy (non-hydrogen) atoms. The maximum Gasteiger partial charge on any atom is 0.253 e. The number of nitrogens with zero attached hydrogens (tertiary/aromatic N) is 3. The Labute approximate surface area is 214 Å². The highest BCUT2D eigenvalue weighted by molar-refractivity contribution is 7.13. The SMILES string of the molecule is CCc1cc(-c2nc(-c3cc(C(=O)NCCC4=CCCCC4)c(C)n3-c3cccs3)cs2)ccn1. The van der Waals surface area contributed by atoms with Crippen LogP contribution in [0.15, 0.2) is 58.9 Å². The van der Waals surface area contributed by atoms with Crippen molar-refractivity contribution in [2.75, 3.05) is 6.54 Å². The van der Waals surface area contributed by atoms with Crippen molar-refractivity contribution in [3.63, 3.8) is 0 Å². The number of aromatic nitrogens is 3. The molecule has 0 bridgehead atoms. The monoisotopic (exact) mass is 502 g/mol. The number of hydrogen-bond donors (Lipinski definition) is 1. The first-order valence-corrected chi connectivity index (χ1v) is 14.0. The Bertz CT molecular complexity index is 1350. The second-order valence-corrected chi connectivity index (χ2v) is 10.6. The van der Waals surface area contributed by atoms with E-state index < -0.39 is 0 Å². The number of amides is 1. The zero-order chi connectivity index (χ0) is 24.2.